The fraction of sp³-hybridized carbons (Fsp3) is 0.150. The van der Waals surface area contributed by atoms with Crippen molar-refractivity contribution in [2.45, 2.75) is 6.42 Å². The van der Waals surface area contributed by atoms with Gasteiger partial charge in [-0.25, -0.2) is 22.0 Å². The van der Waals surface area contributed by atoms with E-state index in [1.807, 2.05) is 0 Å². The van der Waals surface area contributed by atoms with Gasteiger partial charge < -0.3 is 5.32 Å². The molecule has 3 rings (SSSR count). The molecule has 31 heavy (non-hydrogen) atoms. The highest BCUT2D eigenvalue weighted by Gasteiger charge is 2.34. The third kappa shape index (κ3) is 4.76. The van der Waals surface area contributed by atoms with Gasteiger partial charge >= 0.3 is 0 Å². The maximum absolute atomic E-state index is 13.6. The van der Waals surface area contributed by atoms with Crippen LogP contribution in [0.5, 0.6) is 0 Å². The minimum absolute atomic E-state index is 0.184. The number of hydrogen-bond donors (Lipinski definition) is 1. The summed E-state index contributed by atoms with van der Waals surface area (Å²) in [5.41, 5.74) is -0.560. The average molecular weight is 456 g/mol. The topological polar surface area (TPSA) is 66.5 Å². The van der Waals surface area contributed by atoms with Crippen LogP contribution in [0.2, 0.25) is 0 Å². The first-order valence-electron chi connectivity index (χ1n) is 8.78. The molecule has 162 valence electrons. The second-order valence-corrected chi connectivity index (χ2v) is 7.31. The molecular formula is C20H13F5N2O3S. The van der Waals surface area contributed by atoms with Crippen LogP contribution in [0.1, 0.15) is 11.1 Å². The molecule has 3 amide bonds. The van der Waals surface area contributed by atoms with Gasteiger partial charge in [-0.1, -0.05) is 30.3 Å². The summed E-state index contributed by atoms with van der Waals surface area (Å²) in [7, 11) is 0. The van der Waals surface area contributed by atoms with Crippen LogP contribution in [-0.2, 0) is 16.0 Å². The fourth-order valence-electron chi connectivity index (χ4n) is 2.73. The van der Waals surface area contributed by atoms with E-state index in [2.05, 4.69) is 5.32 Å². The van der Waals surface area contributed by atoms with E-state index >= 15 is 0 Å². The number of halogens is 5. The number of carbonyl (C=O) groups excluding carboxylic acids is 3. The molecular weight excluding hydrogens is 443 g/mol. The Labute approximate surface area is 176 Å². The first kappa shape index (κ1) is 22.5. The Kier molecular flexibility index (Phi) is 6.74. The molecule has 1 aliphatic rings. The fourth-order valence-corrected chi connectivity index (χ4v) is 3.59. The Morgan fingerprint density at radius 3 is 2.13 bits per heavy atom. The molecule has 0 unspecified atom stereocenters. The van der Waals surface area contributed by atoms with Gasteiger partial charge in [-0.3, -0.25) is 19.3 Å². The van der Waals surface area contributed by atoms with Crippen LogP contribution in [0, 0.1) is 29.1 Å². The van der Waals surface area contributed by atoms with Crippen LogP contribution in [-0.4, -0.2) is 35.0 Å². The van der Waals surface area contributed by atoms with Crippen molar-refractivity contribution in [2.75, 3.05) is 13.1 Å². The normalized spacial score (nSPS) is 15.1. The molecule has 0 aliphatic carbocycles. The van der Waals surface area contributed by atoms with E-state index in [4.69, 9.17) is 0 Å². The van der Waals surface area contributed by atoms with Gasteiger partial charge in [0.05, 0.1) is 11.3 Å². The van der Waals surface area contributed by atoms with Crippen molar-refractivity contribution in [1.82, 2.24) is 10.2 Å². The van der Waals surface area contributed by atoms with Crippen molar-refractivity contribution in [2.24, 2.45) is 0 Å². The lowest BCUT2D eigenvalue weighted by atomic mass is 10.1. The van der Waals surface area contributed by atoms with E-state index in [1.54, 1.807) is 30.3 Å². The lowest BCUT2D eigenvalue weighted by Crippen LogP contribution is -2.38. The van der Waals surface area contributed by atoms with Crippen molar-refractivity contribution in [1.29, 1.82) is 0 Å². The molecule has 0 saturated carbocycles. The highest BCUT2D eigenvalue weighted by atomic mass is 32.2. The number of nitrogens with one attached hydrogen (secondary N) is 1. The molecule has 11 heteroatoms. The van der Waals surface area contributed by atoms with Crippen LogP contribution in [0.25, 0.3) is 6.08 Å². The van der Waals surface area contributed by atoms with E-state index in [9.17, 15) is 36.3 Å². The van der Waals surface area contributed by atoms with Gasteiger partial charge in [0.1, 0.15) is 0 Å². The van der Waals surface area contributed by atoms with E-state index in [-0.39, 0.29) is 18.0 Å². The van der Waals surface area contributed by atoms with Gasteiger partial charge in [-0.05, 0) is 23.4 Å². The van der Waals surface area contributed by atoms with E-state index in [1.165, 1.54) is 6.08 Å². The first-order valence-corrected chi connectivity index (χ1v) is 9.59. The standard InChI is InChI=1S/C20H13F5N2O3S/c21-14-11(15(22)17(24)18(25)16(14)23)9-13(28)26-6-7-27-19(29)12(31-20(27)30)8-10-4-2-1-3-5-10/h1-5,8H,6-7,9H2,(H,26,28)/b12-8-. The van der Waals surface area contributed by atoms with Gasteiger partial charge in [0, 0.05) is 18.7 Å². The van der Waals surface area contributed by atoms with Gasteiger partial charge in [0.15, 0.2) is 23.3 Å². The van der Waals surface area contributed by atoms with Gasteiger partial charge in [0.2, 0.25) is 11.7 Å². The maximum atomic E-state index is 13.6. The minimum Gasteiger partial charge on any atom is -0.354 e. The molecule has 0 atom stereocenters. The zero-order chi connectivity index (χ0) is 22.7. The van der Waals surface area contributed by atoms with Crippen molar-refractivity contribution < 1.29 is 36.3 Å². The van der Waals surface area contributed by atoms with E-state index in [0.717, 1.165) is 4.90 Å². The molecule has 2 aromatic rings. The molecule has 1 N–H and O–H groups in total. The second kappa shape index (κ2) is 9.29. The Bertz CT molecular complexity index is 1060. The zero-order valence-electron chi connectivity index (χ0n) is 15.6. The second-order valence-electron chi connectivity index (χ2n) is 6.32. The average Bonchev–Trinajstić information content (AvgIpc) is 3.02. The predicted octanol–water partition coefficient (Wildman–Crippen LogP) is 3.78. The summed E-state index contributed by atoms with van der Waals surface area (Å²) in [5, 5.41) is 1.62. The van der Waals surface area contributed by atoms with Gasteiger partial charge in [-0.2, -0.15) is 0 Å². The molecule has 0 bridgehead atoms. The zero-order valence-corrected chi connectivity index (χ0v) is 16.4. The molecule has 1 saturated heterocycles. The number of carbonyl (C=O) groups is 3. The molecule has 0 spiro atoms. The number of hydrogen-bond acceptors (Lipinski definition) is 4. The molecule has 0 aromatic heterocycles. The number of rotatable bonds is 6. The highest BCUT2D eigenvalue weighted by Crippen LogP contribution is 2.31. The van der Waals surface area contributed by atoms with Crippen molar-refractivity contribution in [3.63, 3.8) is 0 Å². The van der Waals surface area contributed by atoms with Crippen LogP contribution >= 0.6 is 11.8 Å². The van der Waals surface area contributed by atoms with Crippen LogP contribution in [0.4, 0.5) is 26.7 Å². The Hall–Kier alpha value is -3.21. The largest absolute Gasteiger partial charge is 0.354 e. The Balaban J connectivity index is 1.60. The monoisotopic (exact) mass is 456 g/mol. The Morgan fingerprint density at radius 1 is 0.935 bits per heavy atom. The third-order valence-corrected chi connectivity index (χ3v) is 5.17. The van der Waals surface area contributed by atoms with Gasteiger partial charge in [0.25, 0.3) is 11.1 Å². The molecule has 5 nitrogen and oxygen atoms in total. The molecule has 2 aromatic carbocycles. The summed E-state index contributed by atoms with van der Waals surface area (Å²) in [5.74, 6) is -12.4. The van der Waals surface area contributed by atoms with Crippen molar-refractivity contribution >= 4 is 34.9 Å². The van der Waals surface area contributed by atoms with E-state index < -0.39 is 58.1 Å². The third-order valence-electron chi connectivity index (χ3n) is 4.27. The lowest BCUT2D eigenvalue weighted by Gasteiger charge is -2.13. The smallest absolute Gasteiger partial charge is 0.293 e. The summed E-state index contributed by atoms with van der Waals surface area (Å²) in [4.78, 5) is 37.3. The lowest BCUT2D eigenvalue weighted by molar-refractivity contribution is -0.124. The summed E-state index contributed by atoms with van der Waals surface area (Å²) < 4.78 is 66.8. The number of benzene rings is 2. The predicted molar refractivity (Wildman–Crippen MR) is 102 cm³/mol. The summed E-state index contributed by atoms with van der Waals surface area (Å²) >= 11 is 0.714. The number of imide groups is 1. The number of thioether (sulfide) groups is 1. The van der Waals surface area contributed by atoms with Crippen LogP contribution in [0.3, 0.4) is 0 Å². The SMILES string of the molecule is O=C(Cc1c(F)c(F)c(F)c(F)c1F)NCCN1C(=O)S/C(=C\c2ccccc2)C1=O. The highest BCUT2D eigenvalue weighted by molar-refractivity contribution is 8.18. The molecule has 0 radical (unpaired) electrons. The summed E-state index contributed by atoms with van der Waals surface area (Å²) in [6.07, 6.45) is 0.425. The Morgan fingerprint density at radius 2 is 1.52 bits per heavy atom. The molecule has 1 aliphatic heterocycles. The number of amides is 3. The van der Waals surface area contributed by atoms with E-state index in [0.29, 0.717) is 17.3 Å². The number of nitrogens with zero attached hydrogens (tertiary/aromatic N) is 1. The summed E-state index contributed by atoms with van der Waals surface area (Å²) in [6, 6.07) is 8.80. The van der Waals surface area contributed by atoms with Crippen LogP contribution < -0.4 is 5.32 Å². The molecule has 1 heterocycles. The minimum atomic E-state index is -2.32. The van der Waals surface area contributed by atoms with Gasteiger partial charge in [-0.15, -0.1) is 0 Å². The summed E-state index contributed by atoms with van der Waals surface area (Å²) in [6.45, 7) is -0.509. The van der Waals surface area contributed by atoms with Crippen molar-refractivity contribution in [3.05, 3.63) is 75.4 Å². The maximum Gasteiger partial charge on any atom is 0.293 e. The first-order chi connectivity index (χ1) is 14.7. The van der Waals surface area contributed by atoms with Crippen LogP contribution in [0.15, 0.2) is 35.2 Å². The van der Waals surface area contributed by atoms with Crippen molar-refractivity contribution in [3.8, 4) is 0 Å². The quantitative estimate of drug-likeness (QED) is 0.311. The molecule has 1 fully saturated rings.